The number of carbonyl (C=O) groups excluding carboxylic acids is 1. The molecule has 0 unspecified atom stereocenters. The Bertz CT molecular complexity index is 853. The van der Waals surface area contributed by atoms with Crippen LogP contribution in [0.15, 0.2) is 42.5 Å². The smallest absolute Gasteiger partial charge is 0.337 e. The second-order valence-electron chi connectivity index (χ2n) is 5.04. The van der Waals surface area contributed by atoms with Crippen LogP contribution in [0.25, 0.3) is 0 Å². The topological polar surface area (TPSA) is 63.7 Å². The van der Waals surface area contributed by atoms with Gasteiger partial charge in [0.25, 0.3) is 0 Å². The van der Waals surface area contributed by atoms with E-state index in [-0.39, 0.29) is 17.7 Å². The van der Waals surface area contributed by atoms with Crippen LogP contribution in [-0.2, 0) is 21.3 Å². The Morgan fingerprint density at radius 2 is 1.83 bits per heavy atom. The molecule has 0 saturated carbocycles. The predicted octanol–water partition coefficient (Wildman–Crippen LogP) is 3.23. The summed E-state index contributed by atoms with van der Waals surface area (Å²) in [6, 6.07) is 9.91. The van der Waals surface area contributed by atoms with Crippen LogP contribution in [0.3, 0.4) is 0 Å². The number of hydrogen-bond donors (Lipinski definition) is 0. The monoisotopic (exact) mass is 371 g/mol. The van der Waals surface area contributed by atoms with E-state index in [1.807, 2.05) is 0 Å². The number of ether oxygens (including phenoxy) is 1. The second-order valence-corrected chi connectivity index (χ2v) is 7.39. The lowest BCUT2D eigenvalue weighted by molar-refractivity contribution is 0.0600. The SMILES string of the molecule is COC(=O)c1ccc(CN(c2ccc(Cl)cc2)S(C)(=O)=O)c(F)c1. The summed E-state index contributed by atoms with van der Waals surface area (Å²) in [4.78, 5) is 11.4. The quantitative estimate of drug-likeness (QED) is 0.757. The van der Waals surface area contributed by atoms with Crippen molar-refractivity contribution >= 4 is 33.3 Å². The Balaban J connectivity index is 2.37. The summed E-state index contributed by atoms with van der Waals surface area (Å²) < 4.78 is 43.9. The van der Waals surface area contributed by atoms with Gasteiger partial charge < -0.3 is 4.74 Å². The molecular formula is C16H15ClFNO4S. The molecular weight excluding hydrogens is 357 g/mol. The Hall–Kier alpha value is -2.12. The van der Waals surface area contributed by atoms with Crippen LogP contribution in [0, 0.1) is 5.82 Å². The van der Waals surface area contributed by atoms with Crippen molar-refractivity contribution in [1.29, 1.82) is 0 Å². The lowest BCUT2D eigenvalue weighted by Gasteiger charge is -2.23. The van der Waals surface area contributed by atoms with Gasteiger partial charge in [0.15, 0.2) is 0 Å². The van der Waals surface area contributed by atoms with Gasteiger partial charge in [-0.1, -0.05) is 17.7 Å². The maximum Gasteiger partial charge on any atom is 0.337 e. The molecule has 0 fully saturated rings. The minimum atomic E-state index is -3.64. The summed E-state index contributed by atoms with van der Waals surface area (Å²) in [6.07, 6.45) is 1.03. The van der Waals surface area contributed by atoms with Crippen LogP contribution in [0.5, 0.6) is 0 Å². The molecule has 0 aliphatic carbocycles. The Morgan fingerprint density at radius 1 is 1.21 bits per heavy atom. The first kappa shape index (κ1) is 18.2. The molecule has 2 rings (SSSR count). The van der Waals surface area contributed by atoms with Gasteiger partial charge in [0, 0.05) is 10.6 Å². The van der Waals surface area contributed by atoms with E-state index in [1.54, 1.807) is 12.1 Å². The number of sulfonamides is 1. The lowest BCUT2D eigenvalue weighted by atomic mass is 10.1. The molecule has 128 valence electrons. The Kier molecular flexibility index (Phi) is 5.46. The van der Waals surface area contributed by atoms with Crippen molar-refractivity contribution < 1.29 is 22.3 Å². The van der Waals surface area contributed by atoms with E-state index >= 15 is 0 Å². The highest BCUT2D eigenvalue weighted by atomic mass is 35.5. The standard InChI is InChI=1S/C16H15ClFNO4S/c1-23-16(20)11-3-4-12(15(18)9-11)10-19(24(2,21)22)14-7-5-13(17)6-8-14/h3-9H,10H2,1-2H3. The molecule has 8 heteroatoms. The molecule has 0 aliphatic rings. The Labute approximate surface area is 144 Å². The van der Waals surface area contributed by atoms with Gasteiger partial charge in [0.05, 0.1) is 31.2 Å². The van der Waals surface area contributed by atoms with E-state index in [2.05, 4.69) is 4.74 Å². The van der Waals surface area contributed by atoms with Crippen molar-refractivity contribution in [2.75, 3.05) is 17.7 Å². The van der Waals surface area contributed by atoms with E-state index in [1.165, 1.54) is 31.4 Å². The summed E-state index contributed by atoms with van der Waals surface area (Å²) in [5, 5.41) is 0.459. The summed E-state index contributed by atoms with van der Waals surface area (Å²) in [7, 11) is -2.45. The zero-order valence-corrected chi connectivity index (χ0v) is 14.6. The van der Waals surface area contributed by atoms with Crippen molar-refractivity contribution in [3.8, 4) is 0 Å². The number of hydrogen-bond acceptors (Lipinski definition) is 4. The molecule has 0 N–H and O–H groups in total. The highest BCUT2D eigenvalue weighted by molar-refractivity contribution is 7.92. The average molecular weight is 372 g/mol. The van der Waals surface area contributed by atoms with E-state index < -0.39 is 21.8 Å². The van der Waals surface area contributed by atoms with Gasteiger partial charge in [0.1, 0.15) is 5.82 Å². The van der Waals surface area contributed by atoms with Crippen molar-refractivity contribution in [3.05, 3.63) is 64.4 Å². The highest BCUT2D eigenvalue weighted by Crippen LogP contribution is 2.24. The molecule has 0 spiro atoms. The average Bonchev–Trinajstić information content (AvgIpc) is 2.53. The first-order valence-electron chi connectivity index (χ1n) is 6.82. The number of esters is 1. The van der Waals surface area contributed by atoms with E-state index in [9.17, 15) is 17.6 Å². The van der Waals surface area contributed by atoms with Gasteiger partial charge in [-0.15, -0.1) is 0 Å². The number of rotatable bonds is 5. The lowest BCUT2D eigenvalue weighted by Crippen LogP contribution is -2.29. The fourth-order valence-electron chi connectivity index (χ4n) is 2.08. The van der Waals surface area contributed by atoms with Crippen LogP contribution >= 0.6 is 11.6 Å². The van der Waals surface area contributed by atoms with Gasteiger partial charge in [-0.25, -0.2) is 17.6 Å². The Morgan fingerprint density at radius 3 is 2.33 bits per heavy atom. The molecule has 2 aromatic carbocycles. The molecule has 24 heavy (non-hydrogen) atoms. The van der Waals surface area contributed by atoms with Gasteiger partial charge in [-0.05, 0) is 36.4 Å². The molecule has 0 bridgehead atoms. The van der Waals surface area contributed by atoms with Crippen molar-refractivity contribution in [2.24, 2.45) is 0 Å². The van der Waals surface area contributed by atoms with E-state index in [4.69, 9.17) is 11.6 Å². The number of nitrogens with zero attached hydrogens (tertiary/aromatic N) is 1. The van der Waals surface area contributed by atoms with Crippen molar-refractivity contribution in [1.82, 2.24) is 0 Å². The van der Waals surface area contributed by atoms with Gasteiger partial charge in [-0.3, -0.25) is 4.31 Å². The third kappa shape index (κ3) is 4.24. The number of anilines is 1. The summed E-state index contributed by atoms with van der Waals surface area (Å²) in [6.45, 7) is -0.215. The van der Waals surface area contributed by atoms with Crippen LogP contribution in [-0.4, -0.2) is 27.8 Å². The number of carbonyl (C=O) groups is 1. The van der Waals surface area contributed by atoms with Gasteiger partial charge in [-0.2, -0.15) is 0 Å². The fraction of sp³-hybridized carbons (Fsp3) is 0.188. The van der Waals surface area contributed by atoms with Crippen LogP contribution < -0.4 is 4.31 Å². The van der Waals surface area contributed by atoms with Crippen molar-refractivity contribution in [2.45, 2.75) is 6.54 Å². The molecule has 0 aromatic heterocycles. The van der Waals surface area contributed by atoms with E-state index in [0.29, 0.717) is 10.7 Å². The molecule has 0 atom stereocenters. The number of methoxy groups -OCH3 is 1. The first-order valence-corrected chi connectivity index (χ1v) is 9.05. The minimum Gasteiger partial charge on any atom is -0.465 e. The third-order valence-electron chi connectivity index (χ3n) is 3.30. The number of benzene rings is 2. The summed E-state index contributed by atoms with van der Waals surface area (Å²) in [5.74, 6) is -1.36. The molecule has 0 radical (unpaired) electrons. The summed E-state index contributed by atoms with van der Waals surface area (Å²) in [5.41, 5.74) is 0.539. The van der Waals surface area contributed by atoms with Gasteiger partial charge >= 0.3 is 5.97 Å². The zero-order valence-electron chi connectivity index (χ0n) is 13.0. The fourth-order valence-corrected chi connectivity index (χ4v) is 3.09. The molecule has 0 amide bonds. The molecule has 0 heterocycles. The van der Waals surface area contributed by atoms with Crippen LogP contribution in [0.4, 0.5) is 10.1 Å². The second kappa shape index (κ2) is 7.19. The molecule has 0 aliphatic heterocycles. The molecule has 5 nitrogen and oxygen atoms in total. The summed E-state index contributed by atoms with van der Waals surface area (Å²) >= 11 is 5.81. The molecule has 2 aromatic rings. The minimum absolute atomic E-state index is 0.0520. The largest absolute Gasteiger partial charge is 0.465 e. The third-order valence-corrected chi connectivity index (χ3v) is 4.70. The zero-order chi connectivity index (χ0) is 17.9. The van der Waals surface area contributed by atoms with Crippen molar-refractivity contribution in [3.63, 3.8) is 0 Å². The highest BCUT2D eigenvalue weighted by Gasteiger charge is 2.20. The van der Waals surface area contributed by atoms with E-state index in [0.717, 1.165) is 16.6 Å². The maximum atomic E-state index is 14.2. The number of halogens is 2. The van der Waals surface area contributed by atoms with Gasteiger partial charge in [0.2, 0.25) is 10.0 Å². The normalized spacial score (nSPS) is 11.2. The molecule has 0 saturated heterocycles. The predicted molar refractivity (Wildman–Crippen MR) is 90.2 cm³/mol. The first-order chi connectivity index (χ1) is 11.2. The van der Waals surface area contributed by atoms with Crippen LogP contribution in [0.1, 0.15) is 15.9 Å². The van der Waals surface area contributed by atoms with Crippen LogP contribution in [0.2, 0.25) is 5.02 Å². The maximum absolute atomic E-state index is 14.2.